The lowest BCUT2D eigenvalue weighted by molar-refractivity contribution is -0.149. The van der Waals surface area contributed by atoms with Crippen LogP contribution >= 0.6 is 0 Å². The van der Waals surface area contributed by atoms with Crippen molar-refractivity contribution in [1.82, 2.24) is 20.2 Å². The Balaban J connectivity index is 2.18. The third kappa shape index (κ3) is 3.02. The van der Waals surface area contributed by atoms with Crippen molar-refractivity contribution < 1.29 is 14.3 Å². The van der Waals surface area contributed by atoms with E-state index in [4.69, 9.17) is 4.74 Å². The molecule has 1 aliphatic heterocycles. The van der Waals surface area contributed by atoms with E-state index in [-0.39, 0.29) is 17.9 Å². The van der Waals surface area contributed by atoms with Gasteiger partial charge in [-0.2, -0.15) is 0 Å². The molecule has 8 nitrogen and oxygen atoms in total. The Hall–Kier alpha value is -2.22. The van der Waals surface area contributed by atoms with E-state index in [1.807, 2.05) is 0 Å². The first kappa shape index (κ1) is 14.2. The van der Waals surface area contributed by atoms with Crippen molar-refractivity contribution in [2.24, 2.45) is 0 Å². The van der Waals surface area contributed by atoms with Crippen LogP contribution in [0.4, 0.5) is 0 Å². The summed E-state index contributed by atoms with van der Waals surface area (Å²) in [5.41, 5.74) is -0.287. The molecule has 8 heteroatoms. The van der Waals surface area contributed by atoms with Gasteiger partial charge in [0.15, 0.2) is 0 Å². The van der Waals surface area contributed by atoms with Gasteiger partial charge in [-0.15, -0.1) is 0 Å². The number of hydrogen-bond acceptors (Lipinski definition) is 6. The van der Waals surface area contributed by atoms with Gasteiger partial charge in [-0.05, 0) is 6.92 Å². The number of hydrogen-bond donors (Lipinski definition) is 2. The first-order valence-electron chi connectivity index (χ1n) is 6.36. The number of carbonyl (C=O) groups is 2. The van der Waals surface area contributed by atoms with E-state index in [0.29, 0.717) is 19.6 Å². The number of H-pyrrole nitrogens is 1. The number of ether oxygens (including phenoxy) is 1. The predicted octanol–water partition coefficient (Wildman–Crippen LogP) is -1.25. The molecule has 2 rings (SSSR count). The SMILES string of the molecule is CCOC(=O)C1CNCCN1C(=O)c1c[nH]c(=O)cn1. The number of nitrogens with one attached hydrogen (secondary N) is 2. The Morgan fingerprint density at radius 3 is 3.00 bits per heavy atom. The molecule has 2 N–H and O–H groups in total. The van der Waals surface area contributed by atoms with Gasteiger partial charge in [0.1, 0.15) is 11.7 Å². The summed E-state index contributed by atoms with van der Waals surface area (Å²) in [6.07, 6.45) is 2.28. The summed E-state index contributed by atoms with van der Waals surface area (Å²) >= 11 is 0. The Bertz CT molecular complexity index is 536. The van der Waals surface area contributed by atoms with E-state index in [9.17, 15) is 14.4 Å². The molecule has 1 atom stereocenters. The van der Waals surface area contributed by atoms with Crippen LogP contribution in [0.25, 0.3) is 0 Å². The molecule has 1 saturated heterocycles. The standard InChI is InChI=1S/C12H16N4O4/c1-2-20-12(19)9-6-13-3-4-16(9)11(18)8-5-15-10(17)7-14-8/h5,7,9,13H,2-4,6H2,1H3,(H,15,17). The van der Waals surface area contributed by atoms with Gasteiger partial charge < -0.3 is 19.9 Å². The van der Waals surface area contributed by atoms with Crippen LogP contribution < -0.4 is 10.9 Å². The highest BCUT2D eigenvalue weighted by atomic mass is 16.5. The summed E-state index contributed by atoms with van der Waals surface area (Å²) in [6.45, 7) is 3.28. The van der Waals surface area contributed by atoms with Gasteiger partial charge in [0.25, 0.3) is 11.5 Å². The molecular weight excluding hydrogens is 264 g/mol. The average molecular weight is 280 g/mol. The number of aromatic amines is 1. The van der Waals surface area contributed by atoms with Crippen molar-refractivity contribution in [1.29, 1.82) is 0 Å². The third-order valence-corrected chi connectivity index (χ3v) is 2.95. The summed E-state index contributed by atoms with van der Waals surface area (Å²) in [4.78, 5) is 42.7. The van der Waals surface area contributed by atoms with E-state index >= 15 is 0 Å². The van der Waals surface area contributed by atoms with Crippen molar-refractivity contribution in [3.05, 3.63) is 28.4 Å². The molecule has 1 aliphatic rings. The highest BCUT2D eigenvalue weighted by Gasteiger charge is 2.34. The Morgan fingerprint density at radius 1 is 1.55 bits per heavy atom. The highest BCUT2D eigenvalue weighted by Crippen LogP contribution is 2.09. The molecule has 0 spiro atoms. The van der Waals surface area contributed by atoms with Crippen LogP contribution in [0.3, 0.4) is 0 Å². The fourth-order valence-electron chi connectivity index (χ4n) is 2.00. The van der Waals surface area contributed by atoms with Crippen molar-refractivity contribution in [2.45, 2.75) is 13.0 Å². The highest BCUT2D eigenvalue weighted by molar-refractivity contribution is 5.95. The van der Waals surface area contributed by atoms with Gasteiger partial charge in [-0.1, -0.05) is 0 Å². The largest absolute Gasteiger partial charge is 0.464 e. The van der Waals surface area contributed by atoms with E-state index in [2.05, 4.69) is 15.3 Å². The molecule has 0 bridgehead atoms. The van der Waals surface area contributed by atoms with Crippen molar-refractivity contribution in [2.75, 3.05) is 26.2 Å². The van der Waals surface area contributed by atoms with Gasteiger partial charge in [0, 0.05) is 25.8 Å². The average Bonchev–Trinajstić information content (AvgIpc) is 2.47. The minimum Gasteiger partial charge on any atom is -0.464 e. The maximum absolute atomic E-state index is 12.3. The zero-order valence-corrected chi connectivity index (χ0v) is 11.1. The van der Waals surface area contributed by atoms with Crippen LogP contribution in [-0.4, -0.2) is 59.0 Å². The van der Waals surface area contributed by atoms with Gasteiger partial charge in [0.05, 0.1) is 12.8 Å². The van der Waals surface area contributed by atoms with Gasteiger partial charge in [0.2, 0.25) is 0 Å². The predicted molar refractivity (Wildman–Crippen MR) is 69.2 cm³/mol. The van der Waals surface area contributed by atoms with Crippen molar-refractivity contribution in [3.8, 4) is 0 Å². The molecule has 1 aromatic heterocycles. The second kappa shape index (κ2) is 6.29. The summed E-state index contributed by atoms with van der Waals surface area (Å²) in [5, 5.41) is 3.05. The topological polar surface area (TPSA) is 104 Å². The molecule has 1 unspecified atom stereocenters. The Kier molecular flexibility index (Phi) is 4.46. The molecule has 1 amide bonds. The zero-order valence-electron chi connectivity index (χ0n) is 11.1. The number of amides is 1. The fraction of sp³-hybridized carbons (Fsp3) is 0.500. The lowest BCUT2D eigenvalue weighted by Gasteiger charge is -2.34. The summed E-state index contributed by atoms with van der Waals surface area (Å²) < 4.78 is 4.97. The lowest BCUT2D eigenvalue weighted by Crippen LogP contribution is -2.57. The summed E-state index contributed by atoms with van der Waals surface area (Å²) in [6, 6.07) is -0.676. The normalized spacial score (nSPS) is 18.6. The first-order chi connectivity index (χ1) is 9.63. The monoisotopic (exact) mass is 280 g/mol. The molecular formula is C12H16N4O4. The second-order valence-electron chi connectivity index (χ2n) is 4.27. The van der Waals surface area contributed by atoms with E-state index < -0.39 is 17.9 Å². The minimum atomic E-state index is -0.676. The Labute approximate surface area is 115 Å². The van der Waals surface area contributed by atoms with Gasteiger partial charge >= 0.3 is 5.97 Å². The van der Waals surface area contributed by atoms with Gasteiger partial charge in [-0.3, -0.25) is 9.59 Å². The molecule has 2 heterocycles. The number of rotatable bonds is 3. The van der Waals surface area contributed by atoms with Crippen LogP contribution in [0, 0.1) is 0 Å². The van der Waals surface area contributed by atoms with Crippen LogP contribution in [0.15, 0.2) is 17.2 Å². The molecule has 0 aliphatic carbocycles. The smallest absolute Gasteiger partial charge is 0.330 e. The summed E-state index contributed by atoms with van der Waals surface area (Å²) in [5.74, 6) is -0.849. The number of nitrogens with zero attached hydrogens (tertiary/aromatic N) is 2. The molecule has 1 fully saturated rings. The van der Waals surface area contributed by atoms with Crippen LogP contribution in [0.2, 0.25) is 0 Å². The molecule has 108 valence electrons. The molecule has 0 saturated carbocycles. The maximum Gasteiger partial charge on any atom is 0.330 e. The minimum absolute atomic E-state index is 0.0980. The van der Waals surface area contributed by atoms with Crippen LogP contribution in [-0.2, 0) is 9.53 Å². The zero-order chi connectivity index (χ0) is 14.5. The number of aromatic nitrogens is 2. The number of carbonyl (C=O) groups excluding carboxylic acids is 2. The van der Waals surface area contributed by atoms with Crippen LogP contribution in [0.5, 0.6) is 0 Å². The molecule has 20 heavy (non-hydrogen) atoms. The number of esters is 1. The van der Waals surface area contributed by atoms with E-state index in [1.165, 1.54) is 11.1 Å². The fourth-order valence-corrected chi connectivity index (χ4v) is 2.00. The van der Waals surface area contributed by atoms with Crippen molar-refractivity contribution >= 4 is 11.9 Å². The maximum atomic E-state index is 12.3. The lowest BCUT2D eigenvalue weighted by atomic mass is 10.1. The van der Waals surface area contributed by atoms with Crippen LogP contribution in [0.1, 0.15) is 17.4 Å². The summed E-state index contributed by atoms with van der Waals surface area (Å²) in [7, 11) is 0. The molecule has 1 aromatic rings. The second-order valence-corrected chi connectivity index (χ2v) is 4.27. The quantitative estimate of drug-likeness (QED) is 0.670. The Morgan fingerprint density at radius 2 is 2.35 bits per heavy atom. The molecule has 0 aromatic carbocycles. The van der Waals surface area contributed by atoms with Gasteiger partial charge in [-0.25, -0.2) is 9.78 Å². The van der Waals surface area contributed by atoms with E-state index in [1.54, 1.807) is 6.92 Å². The van der Waals surface area contributed by atoms with Crippen molar-refractivity contribution in [3.63, 3.8) is 0 Å². The first-order valence-corrected chi connectivity index (χ1v) is 6.36. The molecule has 0 radical (unpaired) electrons. The third-order valence-electron chi connectivity index (χ3n) is 2.95. The van der Waals surface area contributed by atoms with E-state index in [0.717, 1.165) is 6.20 Å². The number of piperazine rings is 1.